The summed E-state index contributed by atoms with van der Waals surface area (Å²) in [5.74, 6) is -1.19. The Morgan fingerprint density at radius 1 is 0.875 bits per heavy atom. The molecule has 1 aromatic carbocycles. The van der Waals surface area contributed by atoms with Crippen LogP contribution in [0.2, 0.25) is 0 Å². The number of benzene rings is 1. The number of allylic oxidation sites excluding steroid dienone is 12. The van der Waals surface area contributed by atoms with Gasteiger partial charge in [-0.3, -0.25) is 9.59 Å². The Balaban J connectivity index is 1.71. The number of hydrogen-bond donors (Lipinski definition) is 3. The van der Waals surface area contributed by atoms with Gasteiger partial charge in [-0.05, 0) is 102 Å². The van der Waals surface area contributed by atoms with Crippen LogP contribution in [0, 0.1) is 0 Å². The first-order valence-corrected chi connectivity index (χ1v) is 18.4. The average molecular weight is 677 g/mol. The van der Waals surface area contributed by atoms with E-state index >= 15 is 0 Å². The predicted octanol–water partition coefficient (Wildman–Crippen LogP) is 9.47. The standard InChI is InChI=1S/C40H56N2O5S/c1-5-8-9-10-11-12-13-14-15-16-17-18-19-20-21-22-23-24-25-26-29-48-40(6-2,7-3)39(47)41-35-30-32(4)42(37(35)44)33-27-28-36(43)34(31-33)38(45)46/h8-9,11-12,14-15,17-18,20-21,23-24,27-28,31-32,35,43H,5-7,10,13,16,19,22,25-26,29-30H2,1-4H3,(H,41,47)(H,45,46)/b9-8-,12-11-,15-14-,18-17-,21-20-,24-23-. The molecule has 0 radical (unpaired) electrons. The normalized spacial score (nSPS) is 17.5. The third kappa shape index (κ3) is 13.4. The van der Waals surface area contributed by atoms with E-state index in [1.807, 2.05) is 20.8 Å². The van der Waals surface area contributed by atoms with Crippen LogP contribution in [-0.2, 0) is 9.59 Å². The maximum absolute atomic E-state index is 13.6. The van der Waals surface area contributed by atoms with E-state index in [-0.39, 0.29) is 29.2 Å². The molecule has 7 nitrogen and oxygen atoms in total. The summed E-state index contributed by atoms with van der Waals surface area (Å²) in [6, 6.07) is 3.18. The van der Waals surface area contributed by atoms with Crippen molar-refractivity contribution in [3.63, 3.8) is 0 Å². The van der Waals surface area contributed by atoms with Crippen LogP contribution in [0.4, 0.5) is 5.69 Å². The van der Waals surface area contributed by atoms with Gasteiger partial charge in [-0.15, -0.1) is 11.8 Å². The molecule has 0 aliphatic carbocycles. The molecule has 0 bridgehead atoms. The molecule has 1 saturated heterocycles. The highest BCUT2D eigenvalue weighted by molar-refractivity contribution is 8.01. The second-order valence-corrected chi connectivity index (χ2v) is 13.4. The van der Waals surface area contributed by atoms with Crippen molar-refractivity contribution in [1.82, 2.24) is 5.32 Å². The minimum Gasteiger partial charge on any atom is -0.507 e. The number of carboxylic acids is 1. The molecule has 8 heteroatoms. The highest BCUT2D eigenvalue weighted by atomic mass is 32.2. The van der Waals surface area contributed by atoms with Gasteiger partial charge in [-0.2, -0.15) is 0 Å². The first-order valence-electron chi connectivity index (χ1n) is 17.4. The number of carbonyl (C=O) groups is 3. The van der Waals surface area contributed by atoms with Gasteiger partial charge in [0.1, 0.15) is 17.4 Å². The number of anilines is 1. The Labute approximate surface area is 292 Å². The van der Waals surface area contributed by atoms with Crippen LogP contribution in [0.3, 0.4) is 0 Å². The number of phenols is 1. The first-order chi connectivity index (χ1) is 23.2. The van der Waals surface area contributed by atoms with E-state index in [4.69, 9.17) is 0 Å². The Morgan fingerprint density at radius 3 is 1.90 bits per heavy atom. The molecule has 3 N–H and O–H groups in total. The topological polar surface area (TPSA) is 107 Å². The van der Waals surface area contributed by atoms with Gasteiger partial charge in [0.05, 0.1) is 4.75 Å². The summed E-state index contributed by atoms with van der Waals surface area (Å²) >= 11 is 1.66. The van der Waals surface area contributed by atoms with Crippen LogP contribution >= 0.6 is 11.8 Å². The van der Waals surface area contributed by atoms with E-state index in [0.717, 1.165) is 57.1 Å². The van der Waals surface area contributed by atoms with E-state index in [1.54, 1.807) is 11.8 Å². The van der Waals surface area contributed by atoms with Gasteiger partial charge in [0.15, 0.2) is 0 Å². The molecular weight excluding hydrogens is 621 g/mol. The zero-order chi connectivity index (χ0) is 35.2. The maximum atomic E-state index is 13.6. The van der Waals surface area contributed by atoms with Crippen LogP contribution in [-0.4, -0.2) is 50.6 Å². The monoisotopic (exact) mass is 676 g/mol. The zero-order valence-electron chi connectivity index (χ0n) is 29.3. The molecule has 1 aliphatic heterocycles. The Bertz CT molecular complexity index is 1340. The number of amides is 2. The summed E-state index contributed by atoms with van der Waals surface area (Å²) in [6.07, 6.45) is 35.9. The predicted molar refractivity (Wildman–Crippen MR) is 202 cm³/mol. The number of thioether (sulfide) groups is 1. The molecule has 2 unspecified atom stereocenters. The number of hydrogen-bond acceptors (Lipinski definition) is 5. The summed E-state index contributed by atoms with van der Waals surface area (Å²) in [7, 11) is 0. The third-order valence-corrected chi connectivity index (χ3v) is 10.2. The average Bonchev–Trinajstić information content (AvgIpc) is 3.35. The minimum atomic E-state index is -1.27. The maximum Gasteiger partial charge on any atom is 0.339 e. The fraction of sp³-hybridized carbons (Fsp3) is 0.475. The summed E-state index contributed by atoms with van der Waals surface area (Å²) in [5.41, 5.74) is 0.122. The molecule has 1 heterocycles. The number of rotatable bonds is 22. The van der Waals surface area contributed by atoms with Crippen molar-refractivity contribution in [2.24, 2.45) is 0 Å². The lowest BCUT2D eigenvalue weighted by atomic mass is 10.0. The van der Waals surface area contributed by atoms with Gasteiger partial charge in [0, 0.05) is 11.7 Å². The largest absolute Gasteiger partial charge is 0.507 e. The molecule has 48 heavy (non-hydrogen) atoms. The fourth-order valence-electron chi connectivity index (χ4n) is 5.52. The van der Waals surface area contributed by atoms with Crippen molar-refractivity contribution in [3.8, 4) is 5.75 Å². The molecule has 2 amide bonds. The quantitative estimate of drug-likeness (QED) is 0.0835. The van der Waals surface area contributed by atoms with Crippen molar-refractivity contribution >= 4 is 35.2 Å². The minimum absolute atomic E-state index is 0.129. The number of aromatic hydroxyl groups is 1. The van der Waals surface area contributed by atoms with Crippen LogP contribution in [0.1, 0.15) is 109 Å². The van der Waals surface area contributed by atoms with Gasteiger partial charge >= 0.3 is 5.97 Å². The summed E-state index contributed by atoms with van der Waals surface area (Å²) in [5, 5.41) is 22.3. The van der Waals surface area contributed by atoms with Crippen molar-refractivity contribution < 1.29 is 24.6 Å². The SMILES string of the molecule is CC/C=C\C/C=C\C/C=C\C/C=C\C/C=C\C/C=C\CCCSC(CC)(CC)C(=O)NC1CC(C)N(c2ccc(O)c(C(=O)O)c2)C1=O. The third-order valence-electron chi connectivity index (χ3n) is 8.39. The molecular formula is C40H56N2O5S. The number of carboxylic acid groups (broad SMARTS) is 1. The number of carbonyl (C=O) groups excluding carboxylic acids is 2. The lowest BCUT2D eigenvalue weighted by molar-refractivity contribution is -0.128. The number of nitrogens with one attached hydrogen (secondary N) is 1. The zero-order valence-corrected chi connectivity index (χ0v) is 30.1. The first kappa shape index (κ1) is 40.4. The van der Waals surface area contributed by atoms with Gasteiger partial charge in [-0.1, -0.05) is 93.7 Å². The molecule has 2 atom stereocenters. The van der Waals surface area contributed by atoms with Crippen LogP contribution in [0.15, 0.2) is 91.1 Å². The van der Waals surface area contributed by atoms with Gasteiger partial charge in [0.2, 0.25) is 11.8 Å². The lowest BCUT2D eigenvalue weighted by Crippen LogP contribution is -2.50. The number of unbranched alkanes of at least 4 members (excludes halogenated alkanes) is 1. The van der Waals surface area contributed by atoms with Crippen molar-refractivity contribution in [2.75, 3.05) is 10.7 Å². The van der Waals surface area contributed by atoms with E-state index in [0.29, 0.717) is 24.9 Å². The molecule has 0 spiro atoms. The van der Waals surface area contributed by atoms with Crippen LogP contribution < -0.4 is 10.2 Å². The second-order valence-electron chi connectivity index (χ2n) is 11.9. The second kappa shape index (κ2) is 22.7. The molecule has 0 saturated carbocycles. The van der Waals surface area contributed by atoms with Crippen molar-refractivity contribution in [2.45, 2.75) is 115 Å². The van der Waals surface area contributed by atoms with E-state index in [2.05, 4.69) is 85.2 Å². The Morgan fingerprint density at radius 2 is 1.40 bits per heavy atom. The van der Waals surface area contributed by atoms with Gasteiger partial charge in [0.25, 0.3) is 0 Å². The van der Waals surface area contributed by atoms with Crippen molar-refractivity contribution in [1.29, 1.82) is 0 Å². The number of aromatic carboxylic acids is 1. The molecule has 1 aromatic rings. The summed E-state index contributed by atoms with van der Waals surface area (Å²) < 4.78 is -0.621. The van der Waals surface area contributed by atoms with Crippen molar-refractivity contribution in [3.05, 3.63) is 96.7 Å². The van der Waals surface area contributed by atoms with E-state index in [1.165, 1.54) is 23.1 Å². The Hall–Kier alpha value is -3.78. The fourth-order valence-corrected chi connectivity index (χ4v) is 6.82. The van der Waals surface area contributed by atoms with Gasteiger partial charge in [-0.25, -0.2) is 4.79 Å². The molecule has 1 fully saturated rings. The van der Waals surface area contributed by atoms with E-state index in [9.17, 15) is 24.6 Å². The Kier molecular flexibility index (Phi) is 19.1. The van der Waals surface area contributed by atoms with Crippen LogP contribution in [0.25, 0.3) is 0 Å². The number of nitrogens with zero attached hydrogens (tertiary/aromatic N) is 1. The summed E-state index contributed by atoms with van der Waals surface area (Å²) in [4.78, 5) is 39.9. The molecule has 0 aromatic heterocycles. The summed E-state index contributed by atoms with van der Waals surface area (Å²) in [6.45, 7) is 8.04. The highest BCUT2D eigenvalue weighted by Gasteiger charge is 2.43. The smallest absolute Gasteiger partial charge is 0.339 e. The van der Waals surface area contributed by atoms with Gasteiger partial charge < -0.3 is 20.4 Å². The molecule has 262 valence electrons. The van der Waals surface area contributed by atoms with E-state index < -0.39 is 16.8 Å². The lowest BCUT2D eigenvalue weighted by Gasteiger charge is -2.31. The molecule has 2 rings (SSSR count). The van der Waals surface area contributed by atoms with Crippen LogP contribution in [0.5, 0.6) is 5.75 Å². The highest BCUT2D eigenvalue weighted by Crippen LogP contribution is 2.35. The molecule has 1 aliphatic rings.